The standard InChI is InChI=1S/C16H26N4O2/c1-11-5-6-13(17)14(18-11)19-12-7-9-20(10-8-12)15(21)22-16(2,3)4/h5-6,12H,7-10,17H2,1-4H3,(H,18,19). The van der Waals surface area contributed by atoms with Crippen LogP contribution < -0.4 is 11.1 Å². The van der Waals surface area contributed by atoms with E-state index >= 15 is 0 Å². The Balaban J connectivity index is 1.87. The summed E-state index contributed by atoms with van der Waals surface area (Å²) < 4.78 is 5.40. The molecule has 0 bridgehead atoms. The van der Waals surface area contributed by atoms with E-state index in [1.165, 1.54) is 0 Å². The number of likely N-dealkylation sites (tertiary alicyclic amines) is 1. The third kappa shape index (κ3) is 4.51. The minimum atomic E-state index is -0.452. The van der Waals surface area contributed by atoms with E-state index in [-0.39, 0.29) is 12.1 Å². The van der Waals surface area contributed by atoms with Crippen LogP contribution >= 0.6 is 0 Å². The average Bonchev–Trinajstić information content (AvgIpc) is 2.42. The average molecular weight is 306 g/mol. The molecular formula is C16H26N4O2. The van der Waals surface area contributed by atoms with Crippen molar-refractivity contribution >= 4 is 17.6 Å². The number of piperidine rings is 1. The minimum absolute atomic E-state index is 0.237. The maximum Gasteiger partial charge on any atom is 0.410 e. The summed E-state index contributed by atoms with van der Waals surface area (Å²) in [6.07, 6.45) is 1.47. The lowest BCUT2D eigenvalue weighted by molar-refractivity contribution is 0.0210. The van der Waals surface area contributed by atoms with Crippen molar-refractivity contribution in [2.45, 2.75) is 52.2 Å². The summed E-state index contributed by atoms with van der Waals surface area (Å²) in [5.41, 5.74) is 7.08. The zero-order chi connectivity index (χ0) is 16.3. The smallest absolute Gasteiger partial charge is 0.410 e. The van der Waals surface area contributed by atoms with Crippen molar-refractivity contribution in [2.24, 2.45) is 0 Å². The first kappa shape index (κ1) is 16.4. The molecule has 1 saturated heterocycles. The van der Waals surface area contributed by atoms with Crippen LogP contribution in [0.25, 0.3) is 0 Å². The van der Waals surface area contributed by atoms with E-state index in [2.05, 4.69) is 10.3 Å². The fourth-order valence-electron chi connectivity index (χ4n) is 2.41. The predicted octanol–water partition coefficient (Wildman–Crippen LogP) is 2.78. The van der Waals surface area contributed by atoms with Gasteiger partial charge in [0, 0.05) is 24.8 Å². The van der Waals surface area contributed by atoms with Gasteiger partial charge in [-0.3, -0.25) is 0 Å². The lowest BCUT2D eigenvalue weighted by atomic mass is 10.1. The van der Waals surface area contributed by atoms with Gasteiger partial charge in [-0.15, -0.1) is 0 Å². The Morgan fingerprint density at radius 2 is 2.00 bits per heavy atom. The highest BCUT2D eigenvalue weighted by molar-refractivity contribution is 5.68. The van der Waals surface area contributed by atoms with Gasteiger partial charge in [0.15, 0.2) is 0 Å². The summed E-state index contributed by atoms with van der Waals surface area (Å²) in [4.78, 5) is 18.2. The minimum Gasteiger partial charge on any atom is -0.444 e. The van der Waals surface area contributed by atoms with Gasteiger partial charge < -0.3 is 20.7 Å². The number of amides is 1. The number of nitrogens with zero attached hydrogens (tertiary/aromatic N) is 2. The number of rotatable bonds is 2. The van der Waals surface area contributed by atoms with E-state index in [0.717, 1.165) is 24.4 Å². The molecule has 1 amide bonds. The van der Waals surface area contributed by atoms with Crippen molar-refractivity contribution < 1.29 is 9.53 Å². The molecule has 2 rings (SSSR count). The number of nitrogens with two attached hydrogens (primary N) is 1. The van der Waals surface area contributed by atoms with Gasteiger partial charge in [0.2, 0.25) is 0 Å². The van der Waals surface area contributed by atoms with Gasteiger partial charge >= 0.3 is 6.09 Å². The maximum atomic E-state index is 12.0. The number of hydrogen-bond donors (Lipinski definition) is 2. The summed E-state index contributed by atoms with van der Waals surface area (Å²) >= 11 is 0. The third-order valence-electron chi connectivity index (χ3n) is 3.55. The molecule has 1 aliphatic heterocycles. The highest BCUT2D eigenvalue weighted by atomic mass is 16.6. The van der Waals surface area contributed by atoms with Crippen molar-refractivity contribution in [3.8, 4) is 0 Å². The summed E-state index contributed by atoms with van der Waals surface area (Å²) in [5.74, 6) is 0.732. The second-order valence-corrected chi connectivity index (χ2v) is 6.78. The van der Waals surface area contributed by atoms with Crippen LogP contribution in [-0.2, 0) is 4.74 Å². The fourth-order valence-corrected chi connectivity index (χ4v) is 2.41. The SMILES string of the molecule is Cc1ccc(N)c(NC2CCN(C(=O)OC(C)(C)C)CC2)n1. The topological polar surface area (TPSA) is 80.5 Å². The van der Waals surface area contributed by atoms with Crippen LogP contribution in [0.4, 0.5) is 16.3 Å². The van der Waals surface area contributed by atoms with Crippen LogP contribution in [0.1, 0.15) is 39.3 Å². The highest BCUT2D eigenvalue weighted by Gasteiger charge is 2.27. The van der Waals surface area contributed by atoms with Gasteiger partial charge in [-0.05, 0) is 52.7 Å². The van der Waals surface area contributed by atoms with Crippen LogP contribution in [0.5, 0.6) is 0 Å². The number of anilines is 2. The highest BCUT2D eigenvalue weighted by Crippen LogP contribution is 2.21. The van der Waals surface area contributed by atoms with Gasteiger partial charge in [-0.25, -0.2) is 9.78 Å². The van der Waals surface area contributed by atoms with Gasteiger partial charge in [-0.1, -0.05) is 0 Å². The van der Waals surface area contributed by atoms with E-state index in [0.29, 0.717) is 18.8 Å². The molecule has 0 saturated carbocycles. The molecule has 1 aliphatic rings. The number of nitrogen functional groups attached to an aromatic ring is 1. The molecule has 2 heterocycles. The molecular weight excluding hydrogens is 280 g/mol. The molecule has 0 spiro atoms. The second kappa shape index (κ2) is 6.42. The van der Waals surface area contributed by atoms with Crippen molar-refractivity contribution in [3.63, 3.8) is 0 Å². The molecule has 0 unspecified atom stereocenters. The monoisotopic (exact) mass is 306 g/mol. The first-order valence-corrected chi connectivity index (χ1v) is 7.72. The summed E-state index contributed by atoms with van der Waals surface area (Å²) in [6, 6.07) is 4.03. The Bertz CT molecular complexity index is 531. The number of ether oxygens (including phenoxy) is 1. The maximum absolute atomic E-state index is 12.0. The van der Waals surface area contributed by atoms with Gasteiger partial charge in [0.05, 0.1) is 5.69 Å². The van der Waals surface area contributed by atoms with Crippen molar-refractivity contribution in [1.29, 1.82) is 0 Å². The summed E-state index contributed by atoms with van der Waals surface area (Å²) in [5, 5.41) is 3.38. The molecule has 122 valence electrons. The van der Waals surface area contributed by atoms with Crippen LogP contribution in [0.3, 0.4) is 0 Å². The number of carbonyl (C=O) groups excluding carboxylic acids is 1. The number of aryl methyl sites for hydroxylation is 1. The van der Waals surface area contributed by atoms with E-state index in [9.17, 15) is 4.79 Å². The molecule has 6 nitrogen and oxygen atoms in total. The lowest BCUT2D eigenvalue weighted by Crippen LogP contribution is -2.44. The van der Waals surface area contributed by atoms with E-state index in [1.807, 2.05) is 39.8 Å². The summed E-state index contributed by atoms with van der Waals surface area (Å²) in [6.45, 7) is 8.94. The lowest BCUT2D eigenvalue weighted by Gasteiger charge is -2.34. The Morgan fingerprint density at radius 3 is 2.59 bits per heavy atom. The van der Waals surface area contributed by atoms with Gasteiger partial charge in [0.1, 0.15) is 11.4 Å². The van der Waals surface area contributed by atoms with E-state index in [4.69, 9.17) is 10.5 Å². The Hall–Kier alpha value is -1.98. The first-order chi connectivity index (χ1) is 10.2. The van der Waals surface area contributed by atoms with Crippen LogP contribution in [0, 0.1) is 6.92 Å². The molecule has 0 aromatic carbocycles. The zero-order valence-corrected chi connectivity index (χ0v) is 13.8. The molecule has 0 radical (unpaired) electrons. The number of nitrogens with one attached hydrogen (secondary N) is 1. The van der Waals surface area contributed by atoms with Crippen LogP contribution in [0.2, 0.25) is 0 Å². The van der Waals surface area contributed by atoms with Gasteiger partial charge in [-0.2, -0.15) is 0 Å². The Labute approximate surface area is 132 Å². The number of aromatic nitrogens is 1. The molecule has 3 N–H and O–H groups in total. The molecule has 22 heavy (non-hydrogen) atoms. The Morgan fingerprint density at radius 1 is 1.36 bits per heavy atom. The van der Waals surface area contributed by atoms with Crippen molar-refractivity contribution in [1.82, 2.24) is 9.88 Å². The van der Waals surface area contributed by atoms with Crippen LogP contribution in [-0.4, -0.2) is 40.7 Å². The second-order valence-electron chi connectivity index (χ2n) is 6.78. The third-order valence-corrected chi connectivity index (χ3v) is 3.55. The molecule has 0 atom stereocenters. The zero-order valence-electron chi connectivity index (χ0n) is 13.8. The molecule has 0 aliphatic carbocycles. The number of hydrogen-bond acceptors (Lipinski definition) is 5. The molecule has 1 aromatic heterocycles. The first-order valence-electron chi connectivity index (χ1n) is 7.72. The quantitative estimate of drug-likeness (QED) is 0.878. The molecule has 1 aromatic rings. The number of carbonyl (C=O) groups is 1. The van der Waals surface area contributed by atoms with Crippen molar-refractivity contribution in [2.75, 3.05) is 24.1 Å². The Kier molecular flexibility index (Phi) is 4.78. The number of pyridine rings is 1. The van der Waals surface area contributed by atoms with E-state index in [1.54, 1.807) is 4.90 Å². The predicted molar refractivity (Wildman–Crippen MR) is 87.8 cm³/mol. The largest absolute Gasteiger partial charge is 0.444 e. The normalized spacial score (nSPS) is 16.5. The summed E-state index contributed by atoms with van der Waals surface area (Å²) in [7, 11) is 0. The molecule has 6 heteroatoms. The van der Waals surface area contributed by atoms with Gasteiger partial charge in [0.25, 0.3) is 0 Å². The van der Waals surface area contributed by atoms with Crippen LogP contribution in [0.15, 0.2) is 12.1 Å². The van der Waals surface area contributed by atoms with E-state index < -0.39 is 5.60 Å². The molecule has 1 fully saturated rings. The van der Waals surface area contributed by atoms with Crippen molar-refractivity contribution in [3.05, 3.63) is 17.8 Å². The fraction of sp³-hybridized carbons (Fsp3) is 0.625.